The number of hydrogen-bond acceptors (Lipinski definition) is 3. The summed E-state index contributed by atoms with van der Waals surface area (Å²) in [6.45, 7) is 1.82. The summed E-state index contributed by atoms with van der Waals surface area (Å²) in [6.07, 6.45) is 10.2. The second kappa shape index (κ2) is 6.48. The molecule has 0 aromatic heterocycles. The number of nitrogens with zero attached hydrogens (tertiary/aromatic N) is 2. The van der Waals surface area contributed by atoms with E-state index in [0.717, 1.165) is 32.2 Å². The van der Waals surface area contributed by atoms with Crippen LogP contribution < -0.4 is 0 Å². The first-order valence-electron chi connectivity index (χ1n) is 8.72. The van der Waals surface area contributed by atoms with Crippen LogP contribution in [0.15, 0.2) is 0 Å². The predicted octanol–water partition coefficient (Wildman–Crippen LogP) is 1.84. The molecule has 3 atom stereocenters. The van der Waals surface area contributed by atoms with Gasteiger partial charge in [-0.25, -0.2) is 12.7 Å². The van der Waals surface area contributed by atoms with Crippen LogP contribution in [0.25, 0.3) is 0 Å². The third-order valence-corrected chi connectivity index (χ3v) is 7.00. The third kappa shape index (κ3) is 3.32. The average Bonchev–Trinajstić information content (AvgIpc) is 2.53. The van der Waals surface area contributed by atoms with Gasteiger partial charge in [0.25, 0.3) is 0 Å². The van der Waals surface area contributed by atoms with Crippen molar-refractivity contribution in [1.82, 2.24) is 9.21 Å². The van der Waals surface area contributed by atoms with Crippen molar-refractivity contribution in [2.75, 3.05) is 25.9 Å². The van der Waals surface area contributed by atoms with Crippen molar-refractivity contribution in [3.05, 3.63) is 0 Å². The van der Waals surface area contributed by atoms with Crippen molar-refractivity contribution in [2.45, 2.75) is 57.4 Å². The van der Waals surface area contributed by atoms with Crippen molar-refractivity contribution in [3.63, 3.8) is 0 Å². The molecule has 126 valence electrons. The van der Waals surface area contributed by atoms with E-state index in [4.69, 9.17) is 0 Å². The molecule has 3 fully saturated rings. The summed E-state index contributed by atoms with van der Waals surface area (Å²) in [5.41, 5.74) is 0. The van der Waals surface area contributed by atoms with Crippen LogP contribution in [0.2, 0.25) is 0 Å². The minimum atomic E-state index is -3.18. The highest BCUT2D eigenvalue weighted by Gasteiger charge is 2.39. The Kier molecular flexibility index (Phi) is 4.78. The van der Waals surface area contributed by atoms with Gasteiger partial charge in [0.15, 0.2) is 0 Å². The van der Waals surface area contributed by atoms with Crippen molar-refractivity contribution < 1.29 is 13.2 Å². The van der Waals surface area contributed by atoms with E-state index >= 15 is 0 Å². The van der Waals surface area contributed by atoms with Gasteiger partial charge in [-0.05, 0) is 44.4 Å². The minimum absolute atomic E-state index is 0.135. The minimum Gasteiger partial charge on any atom is -0.339 e. The molecule has 5 nitrogen and oxygen atoms in total. The standard InChI is InChI=1S/C16H28N2O3S/c1-22(20,21)17-10-4-8-14(12-17)16(19)18-11-5-7-13-6-2-3-9-15(13)18/h13-15H,2-12H2,1H3. The van der Waals surface area contributed by atoms with Crippen molar-refractivity contribution in [3.8, 4) is 0 Å². The van der Waals surface area contributed by atoms with Crippen LogP contribution in [0.4, 0.5) is 0 Å². The van der Waals surface area contributed by atoms with Crippen LogP contribution >= 0.6 is 0 Å². The van der Waals surface area contributed by atoms with Gasteiger partial charge in [0.2, 0.25) is 15.9 Å². The summed E-state index contributed by atoms with van der Waals surface area (Å²) in [4.78, 5) is 15.1. The van der Waals surface area contributed by atoms with Crippen molar-refractivity contribution in [2.24, 2.45) is 11.8 Å². The fraction of sp³-hybridized carbons (Fsp3) is 0.938. The lowest BCUT2D eigenvalue weighted by Gasteiger charge is -2.46. The number of carbonyl (C=O) groups excluding carboxylic acids is 1. The first-order valence-corrected chi connectivity index (χ1v) is 10.6. The van der Waals surface area contributed by atoms with Crippen LogP contribution in [0.1, 0.15) is 51.4 Å². The Bertz CT molecular complexity index is 517. The highest BCUT2D eigenvalue weighted by Crippen LogP contribution is 2.36. The summed E-state index contributed by atoms with van der Waals surface area (Å²) < 4.78 is 25.0. The van der Waals surface area contributed by atoms with E-state index in [2.05, 4.69) is 4.90 Å². The summed E-state index contributed by atoms with van der Waals surface area (Å²) >= 11 is 0. The quantitative estimate of drug-likeness (QED) is 0.777. The second-order valence-corrected chi connectivity index (χ2v) is 9.23. The number of sulfonamides is 1. The maximum atomic E-state index is 13.0. The molecule has 3 unspecified atom stereocenters. The fourth-order valence-electron chi connectivity index (χ4n) is 4.58. The van der Waals surface area contributed by atoms with Gasteiger partial charge >= 0.3 is 0 Å². The molecule has 3 rings (SSSR count). The van der Waals surface area contributed by atoms with Gasteiger partial charge in [-0.1, -0.05) is 12.8 Å². The van der Waals surface area contributed by atoms with Crippen LogP contribution in [-0.4, -0.2) is 55.5 Å². The maximum Gasteiger partial charge on any atom is 0.227 e. The molecule has 0 N–H and O–H groups in total. The van der Waals surface area contributed by atoms with Crippen molar-refractivity contribution in [1.29, 1.82) is 0 Å². The fourth-order valence-corrected chi connectivity index (χ4v) is 5.49. The summed E-state index contributed by atoms with van der Waals surface area (Å²) in [5, 5.41) is 0. The van der Waals surface area contributed by atoms with Crippen molar-refractivity contribution >= 4 is 15.9 Å². The molecule has 1 saturated carbocycles. The van der Waals surface area contributed by atoms with E-state index in [-0.39, 0.29) is 11.8 Å². The molecular formula is C16H28N2O3S. The molecule has 22 heavy (non-hydrogen) atoms. The maximum absolute atomic E-state index is 13.0. The van der Waals surface area contributed by atoms with E-state index < -0.39 is 10.0 Å². The van der Waals surface area contributed by atoms with E-state index in [0.29, 0.717) is 25.0 Å². The van der Waals surface area contributed by atoms with Crippen LogP contribution in [-0.2, 0) is 14.8 Å². The molecule has 2 heterocycles. The number of carbonyl (C=O) groups is 1. The van der Waals surface area contributed by atoms with Gasteiger partial charge in [0.05, 0.1) is 12.2 Å². The zero-order chi connectivity index (χ0) is 15.7. The average molecular weight is 328 g/mol. The Balaban J connectivity index is 1.69. The monoisotopic (exact) mass is 328 g/mol. The van der Waals surface area contributed by atoms with Gasteiger partial charge in [-0.3, -0.25) is 4.79 Å². The van der Waals surface area contributed by atoms with E-state index in [1.165, 1.54) is 36.2 Å². The Morgan fingerprint density at radius 1 is 0.955 bits per heavy atom. The second-order valence-electron chi connectivity index (χ2n) is 7.25. The molecule has 0 aromatic rings. The molecule has 1 aliphatic carbocycles. The van der Waals surface area contributed by atoms with Gasteiger partial charge in [0, 0.05) is 25.7 Å². The molecule has 1 amide bonds. The first kappa shape index (κ1) is 16.2. The normalized spacial score (nSPS) is 34.2. The molecule has 2 saturated heterocycles. The number of amides is 1. The lowest BCUT2D eigenvalue weighted by molar-refractivity contribution is -0.143. The number of hydrogen-bond donors (Lipinski definition) is 0. The van der Waals surface area contributed by atoms with Gasteiger partial charge in [-0.2, -0.15) is 0 Å². The molecule has 0 bridgehead atoms. The zero-order valence-corrected chi connectivity index (χ0v) is 14.4. The number of piperidine rings is 2. The van der Waals surface area contributed by atoms with Gasteiger partial charge in [-0.15, -0.1) is 0 Å². The smallest absolute Gasteiger partial charge is 0.227 e. The summed E-state index contributed by atoms with van der Waals surface area (Å²) in [7, 11) is -3.18. The lowest BCUT2D eigenvalue weighted by atomic mass is 9.77. The molecular weight excluding hydrogens is 300 g/mol. The summed E-state index contributed by atoms with van der Waals surface area (Å²) in [5.74, 6) is 0.759. The topological polar surface area (TPSA) is 57.7 Å². The predicted molar refractivity (Wildman–Crippen MR) is 85.8 cm³/mol. The molecule has 0 aromatic carbocycles. The summed E-state index contributed by atoms with van der Waals surface area (Å²) in [6, 6.07) is 0.420. The Hall–Kier alpha value is -0.620. The van der Waals surface area contributed by atoms with E-state index in [1.54, 1.807) is 0 Å². The Morgan fingerprint density at radius 2 is 1.64 bits per heavy atom. The van der Waals surface area contributed by atoms with Crippen LogP contribution in [0.3, 0.4) is 0 Å². The lowest BCUT2D eigenvalue weighted by Crippen LogP contribution is -2.54. The zero-order valence-electron chi connectivity index (χ0n) is 13.5. The van der Waals surface area contributed by atoms with E-state index in [1.807, 2.05) is 0 Å². The van der Waals surface area contributed by atoms with Gasteiger partial charge in [0.1, 0.15) is 0 Å². The molecule has 3 aliphatic rings. The number of fused-ring (bicyclic) bond motifs is 1. The number of likely N-dealkylation sites (tertiary alicyclic amines) is 1. The Labute approximate surface area is 134 Å². The van der Waals surface area contributed by atoms with Crippen LogP contribution in [0.5, 0.6) is 0 Å². The highest BCUT2D eigenvalue weighted by atomic mass is 32.2. The first-order chi connectivity index (χ1) is 10.5. The van der Waals surface area contributed by atoms with Crippen LogP contribution in [0, 0.1) is 11.8 Å². The molecule has 0 spiro atoms. The van der Waals surface area contributed by atoms with E-state index in [9.17, 15) is 13.2 Å². The molecule has 2 aliphatic heterocycles. The molecule has 6 heteroatoms. The number of rotatable bonds is 2. The largest absolute Gasteiger partial charge is 0.339 e. The SMILES string of the molecule is CS(=O)(=O)N1CCCC(C(=O)N2CCCC3CCCCC32)C1. The Morgan fingerprint density at radius 3 is 2.41 bits per heavy atom. The van der Waals surface area contributed by atoms with Gasteiger partial charge < -0.3 is 4.90 Å². The highest BCUT2D eigenvalue weighted by molar-refractivity contribution is 7.88. The third-order valence-electron chi connectivity index (χ3n) is 5.73. The molecule has 0 radical (unpaired) electrons.